The minimum Gasteiger partial charge on any atom is -0.384 e. The molecule has 0 radical (unpaired) electrons. The summed E-state index contributed by atoms with van der Waals surface area (Å²) in [5.41, 5.74) is 1.60. The van der Waals surface area contributed by atoms with Crippen LogP contribution in [0.5, 0.6) is 0 Å². The molecule has 1 aliphatic rings. The van der Waals surface area contributed by atoms with E-state index in [0.717, 1.165) is 44.5 Å². The Morgan fingerprint density at radius 2 is 2.19 bits per heavy atom. The number of carbonyl (C=O) groups is 1. The molecule has 1 N–H and O–H groups in total. The molecule has 0 spiro atoms. The lowest BCUT2D eigenvalue weighted by Crippen LogP contribution is -2.43. The van der Waals surface area contributed by atoms with Gasteiger partial charge in [0.05, 0.1) is 5.56 Å². The fourth-order valence-electron chi connectivity index (χ4n) is 2.95. The number of hydrogen-bond donors (Lipinski definition) is 1. The number of halogens is 1. The van der Waals surface area contributed by atoms with Crippen LogP contribution in [-0.4, -0.2) is 29.9 Å². The van der Waals surface area contributed by atoms with Crippen molar-refractivity contribution in [3.8, 4) is 0 Å². The minimum absolute atomic E-state index is 0.114. The van der Waals surface area contributed by atoms with Gasteiger partial charge in [-0.1, -0.05) is 25.4 Å². The molecular formula is C17H25ClN2O. The maximum Gasteiger partial charge on any atom is 0.256 e. The van der Waals surface area contributed by atoms with Gasteiger partial charge in [-0.3, -0.25) is 4.79 Å². The molecule has 1 aliphatic heterocycles. The highest BCUT2D eigenvalue weighted by atomic mass is 35.5. The van der Waals surface area contributed by atoms with E-state index in [1.807, 2.05) is 17.0 Å². The molecule has 116 valence electrons. The van der Waals surface area contributed by atoms with E-state index >= 15 is 0 Å². The predicted molar refractivity (Wildman–Crippen MR) is 89.2 cm³/mol. The zero-order chi connectivity index (χ0) is 15.2. The molecule has 4 heteroatoms. The van der Waals surface area contributed by atoms with Crippen molar-refractivity contribution in [1.82, 2.24) is 4.90 Å². The lowest BCUT2D eigenvalue weighted by molar-refractivity contribution is 0.0609. The zero-order valence-corrected chi connectivity index (χ0v) is 13.7. The molecule has 1 aromatic carbocycles. The number of likely N-dealkylation sites (tertiary alicyclic amines) is 1. The van der Waals surface area contributed by atoms with E-state index in [9.17, 15) is 4.79 Å². The predicted octanol–water partition coefficient (Wildman–Crippen LogP) is 4.57. The Bertz CT molecular complexity index is 490. The van der Waals surface area contributed by atoms with Gasteiger partial charge < -0.3 is 10.2 Å². The van der Waals surface area contributed by atoms with Gasteiger partial charge in [0.15, 0.2) is 0 Å². The summed E-state index contributed by atoms with van der Waals surface area (Å²) >= 11 is 6.11. The van der Waals surface area contributed by atoms with Gasteiger partial charge in [0.25, 0.3) is 5.91 Å². The molecule has 1 fully saturated rings. The summed E-state index contributed by atoms with van der Waals surface area (Å²) in [6.45, 7) is 5.99. The number of amides is 1. The van der Waals surface area contributed by atoms with E-state index in [4.69, 9.17) is 11.6 Å². The number of nitrogens with zero attached hydrogens (tertiary/aromatic N) is 1. The van der Waals surface area contributed by atoms with Gasteiger partial charge in [-0.05, 0) is 50.3 Å². The Morgan fingerprint density at radius 3 is 2.90 bits per heavy atom. The Hall–Kier alpha value is -1.22. The van der Waals surface area contributed by atoms with E-state index in [-0.39, 0.29) is 5.91 Å². The second-order valence-corrected chi connectivity index (χ2v) is 6.11. The van der Waals surface area contributed by atoms with Crippen molar-refractivity contribution < 1.29 is 4.79 Å². The van der Waals surface area contributed by atoms with E-state index < -0.39 is 0 Å². The molecule has 0 saturated carbocycles. The van der Waals surface area contributed by atoms with Crippen LogP contribution < -0.4 is 5.32 Å². The normalized spacial score (nSPS) is 18.6. The second-order valence-electron chi connectivity index (χ2n) is 5.67. The Kier molecular flexibility index (Phi) is 5.92. The fourth-order valence-corrected chi connectivity index (χ4v) is 3.13. The Balaban J connectivity index is 2.26. The van der Waals surface area contributed by atoms with Crippen molar-refractivity contribution in [2.75, 3.05) is 18.4 Å². The number of benzene rings is 1. The van der Waals surface area contributed by atoms with Crippen molar-refractivity contribution in [3.63, 3.8) is 0 Å². The van der Waals surface area contributed by atoms with Crippen molar-refractivity contribution >= 4 is 23.2 Å². The first kappa shape index (κ1) is 16.2. The van der Waals surface area contributed by atoms with Crippen LogP contribution in [0.25, 0.3) is 0 Å². The van der Waals surface area contributed by atoms with Crippen LogP contribution >= 0.6 is 11.6 Å². The molecular weight excluding hydrogens is 284 g/mol. The average Bonchev–Trinajstić information content (AvgIpc) is 2.53. The quantitative estimate of drug-likeness (QED) is 0.864. The summed E-state index contributed by atoms with van der Waals surface area (Å²) in [5.74, 6) is 0.114. The fraction of sp³-hybridized carbons (Fsp3) is 0.588. The smallest absolute Gasteiger partial charge is 0.256 e. The molecule has 1 amide bonds. The first-order chi connectivity index (χ1) is 10.2. The van der Waals surface area contributed by atoms with Gasteiger partial charge in [0.2, 0.25) is 0 Å². The number of rotatable bonds is 5. The minimum atomic E-state index is 0.114. The zero-order valence-electron chi connectivity index (χ0n) is 13.0. The van der Waals surface area contributed by atoms with Crippen LogP contribution in [0.1, 0.15) is 56.3 Å². The van der Waals surface area contributed by atoms with Crippen LogP contribution in [0.3, 0.4) is 0 Å². The highest BCUT2D eigenvalue weighted by molar-refractivity contribution is 6.31. The van der Waals surface area contributed by atoms with Crippen molar-refractivity contribution in [3.05, 3.63) is 28.8 Å². The summed E-state index contributed by atoms with van der Waals surface area (Å²) in [7, 11) is 0. The molecule has 1 unspecified atom stereocenters. The molecule has 1 heterocycles. The van der Waals surface area contributed by atoms with Crippen LogP contribution in [-0.2, 0) is 0 Å². The standard InChI is InChI=1S/C17H25ClN2O/c1-3-10-19-16-9-8-13(18)12-15(16)17(21)20-11-6-5-7-14(20)4-2/h8-9,12,14,19H,3-7,10-11H2,1-2H3. The maximum atomic E-state index is 12.9. The third-order valence-corrected chi connectivity index (χ3v) is 4.37. The lowest BCUT2D eigenvalue weighted by atomic mass is 9.98. The molecule has 3 nitrogen and oxygen atoms in total. The van der Waals surface area contributed by atoms with Crippen molar-refractivity contribution in [2.45, 2.75) is 52.0 Å². The largest absolute Gasteiger partial charge is 0.384 e. The Morgan fingerprint density at radius 1 is 1.38 bits per heavy atom. The van der Waals surface area contributed by atoms with Crippen LogP contribution in [0.2, 0.25) is 5.02 Å². The van der Waals surface area contributed by atoms with Crippen LogP contribution in [0.4, 0.5) is 5.69 Å². The number of anilines is 1. The number of carbonyl (C=O) groups excluding carboxylic acids is 1. The van der Waals surface area contributed by atoms with Crippen LogP contribution in [0, 0.1) is 0 Å². The monoisotopic (exact) mass is 308 g/mol. The number of nitrogens with one attached hydrogen (secondary N) is 1. The molecule has 2 rings (SSSR count). The summed E-state index contributed by atoms with van der Waals surface area (Å²) < 4.78 is 0. The highest BCUT2D eigenvalue weighted by Gasteiger charge is 2.27. The van der Waals surface area contributed by atoms with Gasteiger partial charge in [0, 0.05) is 29.8 Å². The second kappa shape index (κ2) is 7.69. The van der Waals surface area contributed by atoms with Gasteiger partial charge in [-0.2, -0.15) is 0 Å². The molecule has 0 aromatic heterocycles. The van der Waals surface area contributed by atoms with E-state index in [1.165, 1.54) is 6.42 Å². The molecule has 1 saturated heterocycles. The van der Waals surface area contributed by atoms with Gasteiger partial charge in [0.1, 0.15) is 0 Å². The third kappa shape index (κ3) is 3.91. The number of hydrogen-bond acceptors (Lipinski definition) is 2. The number of piperidine rings is 1. The van der Waals surface area contributed by atoms with Gasteiger partial charge in [-0.25, -0.2) is 0 Å². The summed E-state index contributed by atoms with van der Waals surface area (Å²) in [4.78, 5) is 15.0. The molecule has 1 aromatic rings. The van der Waals surface area contributed by atoms with Crippen molar-refractivity contribution in [1.29, 1.82) is 0 Å². The van der Waals surface area contributed by atoms with E-state index in [0.29, 0.717) is 16.6 Å². The maximum absolute atomic E-state index is 12.9. The van der Waals surface area contributed by atoms with E-state index in [2.05, 4.69) is 19.2 Å². The van der Waals surface area contributed by atoms with Crippen LogP contribution in [0.15, 0.2) is 18.2 Å². The molecule has 1 atom stereocenters. The average molecular weight is 309 g/mol. The topological polar surface area (TPSA) is 32.3 Å². The van der Waals surface area contributed by atoms with Gasteiger partial charge >= 0.3 is 0 Å². The summed E-state index contributed by atoms with van der Waals surface area (Å²) in [6, 6.07) is 5.91. The summed E-state index contributed by atoms with van der Waals surface area (Å²) in [5, 5.41) is 3.95. The van der Waals surface area contributed by atoms with E-state index in [1.54, 1.807) is 6.07 Å². The first-order valence-electron chi connectivity index (χ1n) is 8.01. The molecule has 21 heavy (non-hydrogen) atoms. The SMILES string of the molecule is CCCNc1ccc(Cl)cc1C(=O)N1CCCCC1CC. The summed E-state index contributed by atoms with van der Waals surface area (Å²) in [6.07, 6.45) is 5.47. The lowest BCUT2D eigenvalue weighted by Gasteiger charge is -2.35. The van der Waals surface area contributed by atoms with Crippen molar-refractivity contribution in [2.24, 2.45) is 0 Å². The first-order valence-corrected chi connectivity index (χ1v) is 8.39. The third-order valence-electron chi connectivity index (χ3n) is 4.14. The van der Waals surface area contributed by atoms with Gasteiger partial charge in [-0.15, -0.1) is 0 Å². The highest BCUT2D eigenvalue weighted by Crippen LogP contribution is 2.27. The molecule has 0 aliphatic carbocycles. The Labute approximate surface area is 132 Å². The molecule has 0 bridgehead atoms.